The fourth-order valence-electron chi connectivity index (χ4n) is 0.700. The summed E-state index contributed by atoms with van der Waals surface area (Å²) < 4.78 is 0. The zero-order chi connectivity index (χ0) is 8.10. The Labute approximate surface area is 68.3 Å². The van der Waals surface area contributed by atoms with Gasteiger partial charge in [0.05, 0.1) is 0 Å². The van der Waals surface area contributed by atoms with E-state index in [-0.39, 0.29) is 0 Å². The minimum Gasteiger partial charge on any atom is -0.417 e. The molecule has 0 unspecified atom stereocenters. The lowest BCUT2D eigenvalue weighted by molar-refractivity contribution is 1.06. The van der Waals surface area contributed by atoms with Crippen LogP contribution >= 0.6 is 0 Å². The maximum atomic E-state index is 4.11. The number of hydrogen-bond donors (Lipinski definition) is 1. The van der Waals surface area contributed by atoms with E-state index in [9.17, 15) is 0 Å². The molecular weight excluding hydrogens is 135 g/mol. The molecule has 0 spiro atoms. The van der Waals surface area contributed by atoms with Crippen LogP contribution in [0.15, 0.2) is 24.4 Å². The average Bonchev–Trinajstić information content (AvgIpc) is 2.03. The Hall–Kier alpha value is -0.985. The van der Waals surface area contributed by atoms with Crippen LogP contribution in [0.25, 0.3) is 0 Å². The van der Waals surface area contributed by atoms with Gasteiger partial charge in [-0.1, -0.05) is 25.7 Å². The summed E-state index contributed by atoms with van der Waals surface area (Å²) in [6, 6.07) is 5.81. The van der Waals surface area contributed by atoms with Crippen LogP contribution in [-0.2, 0) is 0 Å². The number of rotatable bonds is 3. The standard InChI is InChI=1S/C8H12BN2/c1-7(2)9-11-8-5-3-4-6-10-8/h3-7H,1-2H3,(H,10,11). The van der Waals surface area contributed by atoms with Gasteiger partial charge < -0.3 is 5.23 Å². The lowest BCUT2D eigenvalue weighted by Crippen LogP contribution is -2.09. The van der Waals surface area contributed by atoms with Crippen molar-refractivity contribution in [2.75, 3.05) is 5.23 Å². The highest BCUT2D eigenvalue weighted by atomic mass is 14.9. The molecule has 3 heteroatoms. The number of aromatic nitrogens is 1. The van der Waals surface area contributed by atoms with Crippen molar-refractivity contribution in [2.45, 2.75) is 19.7 Å². The molecule has 1 radical (unpaired) electrons. The van der Waals surface area contributed by atoms with E-state index in [0.717, 1.165) is 5.82 Å². The van der Waals surface area contributed by atoms with Gasteiger partial charge in [-0.2, -0.15) is 0 Å². The molecule has 2 nitrogen and oxygen atoms in total. The first kappa shape index (κ1) is 8.11. The molecule has 0 aliphatic rings. The van der Waals surface area contributed by atoms with Gasteiger partial charge in [0.2, 0.25) is 7.41 Å². The van der Waals surface area contributed by atoms with Gasteiger partial charge in [0.25, 0.3) is 0 Å². The van der Waals surface area contributed by atoms with E-state index >= 15 is 0 Å². The molecule has 0 saturated heterocycles. The molecule has 0 aromatic carbocycles. The smallest absolute Gasteiger partial charge is 0.247 e. The van der Waals surface area contributed by atoms with Gasteiger partial charge in [-0.3, -0.25) is 0 Å². The second kappa shape index (κ2) is 4.01. The van der Waals surface area contributed by atoms with Gasteiger partial charge in [0, 0.05) is 6.20 Å². The van der Waals surface area contributed by atoms with Crippen LogP contribution in [0.5, 0.6) is 0 Å². The van der Waals surface area contributed by atoms with Crippen LogP contribution in [0, 0.1) is 0 Å². The van der Waals surface area contributed by atoms with E-state index in [1.807, 2.05) is 25.6 Å². The van der Waals surface area contributed by atoms with E-state index in [0.29, 0.717) is 5.82 Å². The van der Waals surface area contributed by atoms with Crippen molar-refractivity contribution in [3.05, 3.63) is 24.4 Å². The molecule has 11 heavy (non-hydrogen) atoms. The topological polar surface area (TPSA) is 24.9 Å². The Kier molecular flexibility index (Phi) is 2.96. The second-order valence-corrected chi connectivity index (χ2v) is 2.77. The van der Waals surface area contributed by atoms with Gasteiger partial charge in [-0.25, -0.2) is 4.98 Å². The molecule has 0 aliphatic carbocycles. The normalized spacial score (nSPS) is 9.73. The van der Waals surface area contributed by atoms with Crippen molar-refractivity contribution in [3.8, 4) is 0 Å². The quantitative estimate of drug-likeness (QED) is 0.660. The number of nitrogens with one attached hydrogen (secondary N) is 1. The van der Waals surface area contributed by atoms with E-state index in [2.05, 4.69) is 24.1 Å². The SMILES string of the molecule is CC(C)[B]Nc1ccccn1. The molecular formula is C8H12BN2. The van der Waals surface area contributed by atoms with E-state index < -0.39 is 0 Å². The molecule has 1 aromatic heterocycles. The van der Waals surface area contributed by atoms with Crippen molar-refractivity contribution in [1.82, 2.24) is 4.98 Å². The Morgan fingerprint density at radius 1 is 1.45 bits per heavy atom. The highest BCUT2D eigenvalue weighted by Crippen LogP contribution is 2.02. The Balaban J connectivity index is 2.39. The van der Waals surface area contributed by atoms with E-state index in [4.69, 9.17) is 0 Å². The zero-order valence-corrected chi connectivity index (χ0v) is 6.91. The summed E-state index contributed by atoms with van der Waals surface area (Å²) in [6.07, 6.45) is 1.77. The van der Waals surface area contributed by atoms with Crippen LogP contribution in [-0.4, -0.2) is 12.4 Å². The fraction of sp³-hybridized carbons (Fsp3) is 0.375. The number of pyridine rings is 1. The molecule has 0 amide bonds. The van der Waals surface area contributed by atoms with Gasteiger partial charge in [-0.05, 0) is 12.1 Å². The predicted molar refractivity (Wildman–Crippen MR) is 48.7 cm³/mol. The van der Waals surface area contributed by atoms with Crippen LogP contribution < -0.4 is 5.23 Å². The minimum atomic E-state index is 0.539. The summed E-state index contributed by atoms with van der Waals surface area (Å²) in [4.78, 5) is 4.11. The summed E-state index contributed by atoms with van der Waals surface area (Å²) in [7, 11) is 2.02. The minimum absolute atomic E-state index is 0.539. The Bertz CT molecular complexity index is 199. The predicted octanol–water partition coefficient (Wildman–Crippen LogP) is 1.94. The number of anilines is 1. The third kappa shape index (κ3) is 3.07. The maximum Gasteiger partial charge on any atom is 0.247 e. The average molecular weight is 147 g/mol. The first-order valence-electron chi connectivity index (χ1n) is 3.80. The molecule has 1 aromatic rings. The van der Waals surface area contributed by atoms with Gasteiger partial charge in [-0.15, -0.1) is 0 Å². The zero-order valence-electron chi connectivity index (χ0n) is 6.91. The summed E-state index contributed by atoms with van der Waals surface area (Å²) in [5.74, 6) is 1.44. The fourth-order valence-corrected chi connectivity index (χ4v) is 0.700. The molecule has 0 fully saturated rings. The first-order valence-corrected chi connectivity index (χ1v) is 3.80. The summed E-state index contributed by atoms with van der Waals surface area (Å²) in [5, 5.41) is 3.11. The number of nitrogens with zero attached hydrogens (tertiary/aromatic N) is 1. The highest BCUT2D eigenvalue weighted by Gasteiger charge is 1.96. The molecule has 0 atom stereocenters. The van der Waals surface area contributed by atoms with Crippen LogP contribution in [0.4, 0.5) is 5.82 Å². The second-order valence-electron chi connectivity index (χ2n) is 2.77. The molecule has 1 heterocycles. The monoisotopic (exact) mass is 147 g/mol. The van der Waals surface area contributed by atoms with Crippen molar-refractivity contribution >= 4 is 13.2 Å². The molecule has 0 saturated carbocycles. The lowest BCUT2D eigenvalue weighted by atomic mass is 9.79. The largest absolute Gasteiger partial charge is 0.417 e. The Morgan fingerprint density at radius 2 is 2.27 bits per heavy atom. The van der Waals surface area contributed by atoms with Gasteiger partial charge >= 0.3 is 0 Å². The van der Waals surface area contributed by atoms with Gasteiger partial charge in [0.15, 0.2) is 0 Å². The summed E-state index contributed by atoms with van der Waals surface area (Å²) >= 11 is 0. The lowest BCUT2D eigenvalue weighted by Gasteiger charge is -2.04. The van der Waals surface area contributed by atoms with Crippen LogP contribution in [0.1, 0.15) is 13.8 Å². The van der Waals surface area contributed by atoms with Crippen molar-refractivity contribution in [1.29, 1.82) is 0 Å². The molecule has 57 valence electrons. The van der Waals surface area contributed by atoms with E-state index in [1.54, 1.807) is 6.20 Å². The molecule has 1 N–H and O–H groups in total. The molecule has 0 aliphatic heterocycles. The maximum absolute atomic E-state index is 4.11. The van der Waals surface area contributed by atoms with Gasteiger partial charge in [0.1, 0.15) is 5.82 Å². The van der Waals surface area contributed by atoms with Crippen LogP contribution in [0.3, 0.4) is 0 Å². The summed E-state index contributed by atoms with van der Waals surface area (Å²) in [6.45, 7) is 4.24. The van der Waals surface area contributed by atoms with Crippen molar-refractivity contribution in [2.24, 2.45) is 0 Å². The Morgan fingerprint density at radius 3 is 2.82 bits per heavy atom. The first-order chi connectivity index (χ1) is 5.29. The third-order valence-corrected chi connectivity index (χ3v) is 1.23. The van der Waals surface area contributed by atoms with Crippen LogP contribution in [0.2, 0.25) is 5.82 Å². The van der Waals surface area contributed by atoms with Crippen molar-refractivity contribution < 1.29 is 0 Å². The molecule has 0 bridgehead atoms. The number of hydrogen-bond acceptors (Lipinski definition) is 2. The summed E-state index contributed by atoms with van der Waals surface area (Å²) in [5.41, 5.74) is 0. The van der Waals surface area contributed by atoms with Crippen molar-refractivity contribution in [3.63, 3.8) is 0 Å². The third-order valence-electron chi connectivity index (χ3n) is 1.23. The van der Waals surface area contributed by atoms with E-state index in [1.165, 1.54) is 0 Å². The highest BCUT2D eigenvalue weighted by molar-refractivity contribution is 6.41. The molecule has 1 rings (SSSR count).